The van der Waals surface area contributed by atoms with Crippen molar-refractivity contribution in [2.45, 2.75) is 32.7 Å². The van der Waals surface area contributed by atoms with E-state index in [0.29, 0.717) is 6.04 Å². The minimum Gasteiger partial charge on any atom is -0.383 e. The number of aryl methyl sites for hydroxylation is 2. The predicted octanol–water partition coefficient (Wildman–Crippen LogP) is 2.45. The monoisotopic (exact) mass is 240 g/mol. The lowest BCUT2D eigenvalue weighted by atomic mass is 10.2. The van der Waals surface area contributed by atoms with Crippen LogP contribution in [0.25, 0.3) is 0 Å². The molecule has 1 aromatic rings. The molecule has 0 saturated heterocycles. The van der Waals surface area contributed by atoms with Crippen LogP contribution < -0.4 is 5.32 Å². The number of methoxy groups -OCH3 is 1. The highest BCUT2D eigenvalue weighted by Gasteiger charge is 2.33. The van der Waals surface area contributed by atoms with Crippen LogP contribution in [-0.4, -0.2) is 25.2 Å². The number of aromatic nitrogens is 1. The number of hydrogen-bond acceptors (Lipinski definition) is 4. The fraction of sp³-hybridized carbons (Fsp3) is 0.750. The van der Waals surface area contributed by atoms with E-state index in [2.05, 4.69) is 24.1 Å². The SMILES string of the molecule is COCCNC(c1nc(C)c(C)s1)C1CC1. The van der Waals surface area contributed by atoms with Crippen molar-refractivity contribution in [3.63, 3.8) is 0 Å². The Balaban J connectivity index is 2.01. The third kappa shape index (κ3) is 2.81. The summed E-state index contributed by atoms with van der Waals surface area (Å²) >= 11 is 1.83. The van der Waals surface area contributed by atoms with E-state index in [1.54, 1.807) is 7.11 Å². The minimum atomic E-state index is 0.451. The first-order chi connectivity index (χ1) is 7.72. The van der Waals surface area contributed by atoms with Crippen LogP contribution in [0.1, 0.15) is 34.5 Å². The molecule has 2 rings (SSSR count). The van der Waals surface area contributed by atoms with Gasteiger partial charge in [0.05, 0.1) is 18.3 Å². The van der Waals surface area contributed by atoms with Gasteiger partial charge in [0.2, 0.25) is 0 Å². The maximum atomic E-state index is 5.08. The molecule has 1 N–H and O–H groups in total. The van der Waals surface area contributed by atoms with Crippen LogP contribution >= 0.6 is 11.3 Å². The molecule has 0 spiro atoms. The van der Waals surface area contributed by atoms with Crippen molar-refractivity contribution in [3.8, 4) is 0 Å². The second-order valence-electron chi connectivity index (χ2n) is 4.46. The van der Waals surface area contributed by atoms with E-state index in [1.165, 1.54) is 28.4 Å². The number of nitrogens with one attached hydrogen (secondary N) is 1. The van der Waals surface area contributed by atoms with Crippen LogP contribution in [0.2, 0.25) is 0 Å². The largest absolute Gasteiger partial charge is 0.383 e. The van der Waals surface area contributed by atoms with E-state index in [0.717, 1.165) is 19.1 Å². The van der Waals surface area contributed by atoms with Crippen LogP contribution in [0.15, 0.2) is 0 Å². The Labute approximate surface area is 101 Å². The van der Waals surface area contributed by atoms with Crippen molar-refractivity contribution in [2.75, 3.05) is 20.3 Å². The Hall–Kier alpha value is -0.450. The quantitative estimate of drug-likeness (QED) is 0.776. The molecule has 1 fully saturated rings. The zero-order valence-electron chi connectivity index (χ0n) is 10.2. The van der Waals surface area contributed by atoms with Crippen molar-refractivity contribution in [2.24, 2.45) is 5.92 Å². The van der Waals surface area contributed by atoms with Gasteiger partial charge in [0.15, 0.2) is 0 Å². The predicted molar refractivity (Wildman–Crippen MR) is 66.9 cm³/mol. The molecule has 1 saturated carbocycles. The molecule has 1 aliphatic rings. The molecular weight excluding hydrogens is 220 g/mol. The maximum Gasteiger partial charge on any atom is 0.110 e. The highest BCUT2D eigenvalue weighted by atomic mass is 32.1. The highest BCUT2D eigenvalue weighted by Crippen LogP contribution is 2.42. The van der Waals surface area contributed by atoms with Crippen molar-refractivity contribution >= 4 is 11.3 Å². The van der Waals surface area contributed by atoms with Gasteiger partial charge in [-0.1, -0.05) is 0 Å². The number of nitrogens with zero attached hydrogens (tertiary/aromatic N) is 1. The summed E-state index contributed by atoms with van der Waals surface area (Å²) in [5.41, 5.74) is 1.18. The normalized spacial score (nSPS) is 17.7. The van der Waals surface area contributed by atoms with Gasteiger partial charge in [0, 0.05) is 18.5 Å². The van der Waals surface area contributed by atoms with E-state index in [-0.39, 0.29) is 0 Å². The summed E-state index contributed by atoms with van der Waals surface area (Å²) in [5, 5.41) is 4.82. The summed E-state index contributed by atoms with van der Waals surface area (Å²) in [6.45, 7) is 5.92. The fourth-order valence-corrected chi connectivity index (χ4v) is 2.92. The van der Waals surface area contributed by atoms with Crippen molar-refractivity contribution in [1.29, 1.82) is 0 Å². The zero-order valence-corrected chi connectivity index (χ0v) is 11.1. The van der Waals surface area contributed by atoms with E-state index in [4.69, 9.17) is 4.74 Å². The summed E-state index contributed by atoms with van der Waals surface area (Å²) in [4.78, 5) is 6.01. The van der Waals surface area contributed by atoms with Crippen LogP contribution in [0.3, 0.4) is 0 Å². The third-order valence-corrected chi connectivity index (χ3v) is 4.23. The molecule has 1 atom stereocenters. The van der Waals surface area contributed by atoms with E-state index >= 15 is 0 Å². The average Bonchev–Trinajstić information content (AvgIpc) is 3.02. The Bertz CT molecular complexity index is 327. The number of hydrogen-bond donors (Lipinski definition) is 1. The first-order valence-electron chi connectivity index (χ1n) is 5.88. The first-order valence-corrected chi connectivity index (χ1v) is 6.70. The van der Waals surface area contributed by atoms with Gasteiger partial charge in [-0.3, -0.25) is 0 Å². The maximum absolute atomic E-state index is 5.08. The van der Waals surface area contributed by atoms with E-state index < -0.39 is 0 Å². The molecule has 1 aliphatic carbocycles. The highest BCUT2D eigenvalue weighted by molar-refractivity contribution is 7.11. The smallest absolute Gasteiger partial charge is 0.110 e. The van der Waals surface area contributed by atoms with Crippen LogP contribution in [0.5, 0.6) is 0 Å². The Morgan fingerprint density at radius 3 is 2.75 bits per heavy atom. The molecule has 3 nitrogen and oxygen atoms in total. The number of rotatable bonds is 6. The van der Waals surface area contributed by atoms with Crippen LogP contribution in [0.4, 0.5) is 0 Å². The van der Waals surface area contributed by atoms with Gasteiger partial charge < -0.3 is 10.1 Å². The zero-order chi connectivity index (χ0) is 11.5. The molecule has 90 valence electrons. The third-order valence-electron chi connectivity index (χ3n) is 3.07. The number of ether oxygens (including phenoxy) is 1. The lowest BCUT2D eigenvalue weighted by molar-refractivity contribution is 0.194. The summed E-state index contributed by atoms with van der Waals surface area (Å²) in [6, 6.07) is 0.451. The van der Waals surface area contributed by atoms with Crippen LogP contribution in [-0.2, 0) is 4.74 Å². The molecule has 0 aromatic carbocycles. The molecule has 16 heavy (non-hydrogen) atoms. The van der Waals surface area contributed by atoms with Gasteiger partial charge in [-0.15, -0.1) is 11.3 Å². The van der Waals surface area contributed by atoms with E-state index in [1.807, 2.05) is 11.3 Å². The van der Waals surface area contributed by atoms with Crippen LogP contribution in [0, 0.1) is 19.8 Å². The summed E-state index contributed by atoms with van der Waals surface area (Å²) < 4.78 is 5.08. The summed E-state index contributed by atoms with van der Waals surface area (Å²) in [5.74, 6) is 0.793. The van der Waals surface area contributed by atoms with Gasteiger partial charge in [-0.2, -0.15) is 0 Å². The van der Waals surface area contributed by atoms with Gasteiger partial charge >= 0.3 is 0 Å². The molecule has 0 bridgehead atoms. The lowest BCUT2D eigenvalue weighted by Gasteiger charge is -2.15. The lowest BCUT2D eigenvalue weighted by Crippen LogP contribution is -2.26. The molecule has 4 heteroatoms. The summed E-state index contributed by atoms with van der Waals surface area (Å²) in [7, 11) is 1.74. The van der Waals surface area contributed by atoms with Gasteiger partial charge in [0.1, 0.15) is 5.01 Å². The Morgan fingerprint density at radius 1 is 1.50 bits per heavy atom. The second-order valence-corrected chi connectivity index (χ2v) is 5.69. The molecule has 1 aromatic heterocycles. The van der Waals surface area contributed by atoms with Crippen molar-refractivity contribution in [3.05, 3.63) is 15.6 Å². The Morgan fingerprint density at radius 2 is 2.25 bits per heavy atom. The fourth-order valence-electron chi connectivity index (χ4n) is 1.83. The topological polar surface area (TPSA) is 34.1 Å². The van der Waals surface area contributed by atoms with Gasteiger partial charge in [-0.05, 0) is 32.6 Å². The molecule has 1 unspecified atom stereocenters. The molecular formula is C12H20N2OS. The number of thiazole rings is 1. The summed E-state index contributed by atoms with van der Waals surface area (Å²) in [6.07, 6.45) is 2.67. The van der Waals surface area contributed by atoms with Crippen molar-refractivity contribution in [1.82, 2.24) is 10.3 Å². The second kappa shape index (κ2) is 5.25. The van der Waals surface area contributed by atoms with E-state index in [9.17, 15) is 0 Å². The Kier molecular flexibility index (Phi) is 3.95. The minimum absolute atomic E-state index is 0.451. The van der Waals surface area contributed by atoms with Crippen molar-refractivity contribution < 1.29 is 4.74 Å². The first kappa shape index (κ1) is 12.0. The van der Waals surface area contributed by atoms with Gasteiger partial charge in [0.25, 0.3) is 0 Å². The molecule has 0 radical (unpaired) electrons. The molecule has 1 heterocycles. The molecule has 0 aliphatic heterocycles. The standard InChI is InChI=1S/C12H20N2OS/c1-8-9(2)16-12(14-8)11(10-4-5-10)13-6-7-15-3/h10-11,13H,4-7H2,1-3H3. The molecule has 0 amide bonds. The average molecular weight is 240 g/mol. The van der Waals surface area contributed by atoms with Gasteiger partial charge in [-0.25, -0.2) is 4.98 Å².